The second-order valence-corrected chi connectivity index (χ2v) is 7.36. The van der Waals surface area contributed by atoms with E-state index in [0.717, 1.165) is 39.9 Å². The van der Waals surface area contributed by atoms with Gasteiger partial charge in [0, 0.05) is 23.6 Å². The van der Waals surface area contributed by atoms with E-state index in [-0.39, 0.29) is 5.92 Å². The van der Waals surface area contributed by atoms with Crippen molar-refractivity contribution in [2.45, 2.75) is 37.8 Å². The van der Waals surface area contributed by atoms with Gasteiger partial charge in [-0.25, -0.2) is 0 Å². The Balaban J connectivity index is 1.70. The third-order valence-corrected chi connectivity index (χ3v) is 5.86. The van der Waals surface area contributed by atoms with Crippen LogP contribution in [0.5, 0.6) is 0 Å². The highest BCUT2D eigenvalue weighted by molar-refractivity contribution is 6.19. The summed E-state index contributed by atoms with van der Waals surface area (Å²) in [5, 5.41) is 8.18. The lowest BCUT2D eigenvalue weighted by Gasteiger charge is -2.28. The minimum atomic E-state index is 0.165. The van der Waals surface area contributed by atoms with Crippen LogP contribution in [0.2, 0.25) is 0 Å². The fourth-order valence-electron chi connectivity index (χ4n) is 4.75. The molecule has 0 spiro atoms. The summed E-state index contributed by atoms with van der Waals surface area (Å²) in [6.45, 7) is 0. The number of rotatable bonds is 2. The van der Waals surface area contributed by atoms with E-state index in [4.69, 9.17) is 0 Å². The van der Waals surface area contributed by atoms with Crippen molar-refractivity contribution >= 4 is 27.3 Å². The maximum atomic E-state index is 13.5. The number of fused-ring (bicyclic) bond motifs is 4. The van der Waals surface area contributed by atoms with Crippen LogP contribution in [0.1, 0.15) is 36.0 Å². The van der Waals surface area contributed by atoms with Gasteiger partial charge in [0.05, 0.1) is 0 Å². The maximum absolute atomic E-state index is 13.5. The van der Waals surface area contributed by atoms with Crippen molar-refractivity contribution in [3.05, 3.63) is 60.2 Å². The molecule has 120 valence electrons. The molecule has 0 aromatic heterocycles. The van der Waals surface area contributed by atoms with Crippen molar-refractivity contribution in [2.75, 3.05) is 0 Å². The first-order valence-electron chi connectivity index (χ1n) is 9.00. The van der Waals surface area contributed by atoms with Gasteiger partial charge in [0.1, 0.15) is 0 Å². The second kappa shape index (κ2) is 5.42. The number of hydrogen-bond donors (Lipinski definition) is 1. The Kier molecular flexibility index (Phi) is 3.20. The summed E-state index contributed by atoms with van der Waals surface area (Å²) in [5.74, 6) is 0.513. The van der Waals surface area contributed by atoms with Crippen LogP contribution in [0.25, 0.3) is 21.5 Å². The molecule has 2 heterocycles. The van der Waals surface area contributed by atoms with Crippen molar-refractivity contribution in [3.63, 3.8) is 0 Å². The fraction of sp³-hybridized carbons (Fsp3) is 0.318. The summed E-state index contributed by atoms with van der Waals surface area (Å²) in [7, 11) is 0. The molecule has 2 bridgehead atoms. The van der Waals surface area contributed by atoms with Gasteiger partial charge in [-0.05, 0) is 53.3 Å². The van der Waals surface area contributed by atoms with Crippen molar-refractivity contribution in [1.29, 1.82) is 0 Å². The van der Waals surface area contributed by atoms with Crippen LogP contribution in [-0.4, -0.2) is 17.9 Å². The molecule has 1 N–H and O–H groups in total. The van der Waals surface area contributed by atoms with Gasteiger partial charge < -0.3 is 5.32 Å². The third kappa shape index (κ3) is 2.17. The Hall–Kier alpha value is -2.19. The summed E-state index contributed by atoms with van der Waals surface area (Å²) in [6.07, 6.45) is 4.44. The van der Waals surface area contributed by atoms with E-state index in [1.54, 1.807) is 0 Å². The first-order chi connectivity index (χ1) is 11.8. The first kappa shape index (κ1) is 14.2. The number of hydrogen-bond acceptors (Lipinski definition) is 2. The predicted molar refractivity (Wildman–Crippen MR) is 98.5 cm³/mol. The Morgan fingerprint density at radius 3 is 1.96 bits per heavy atom. The molecule has 3 aromatic carbocycles. The molecule has 2 unspecified atom stereocenters. The van der Waals surface area contributed by atoms with Crippen molar-refractivity contribution in [3.8, 4) is 0 Å². The lowest BCUT2D eigenvalue weighted by Crippen LogP contribution is -2.40. The molecule has 2 aliphatic rings. The number of carbonyl (C=O) groups excluding carboxylic acids is 1. The third-order valence-electron chi connectivity index (χ3n) is 5.86. The van der Waals surface area contributed by atoms with E-state index in [1.807, 2.05) is 12.1 Å². The topological polar surface area (TPSA) is 29.1 Å². The van der Waals surface area contributed by atoms with Gasteiger partial charge in [0.15, 0.2) is 5.78 Å². The summed E-state index contributed by atoms with van der Waals surface area (Å²) in [6, 6.07) is 19.9. The van der Waals surface area contributed by atoms with Crippen LogP contribution < -0.4 is 5.32 Å². The maximum Gasteiger partial charge on any atom is 0.167 e. The molecule has 2 nitrogen and oxygen atoms in total. The van der Waals surface area contributed by atoms with Gasteiger partial charge in [0.2, 0.25) is 0 Å². The highest BCUT2D eigenvalue weighted by Crippen LogP contribution is 2.36. The molecule has 24 heavy (non-hydrogen) atoms. The van der Waals surface area contributed by atoms with Crippen LogP contribution in [0.15, 0.2) is 54.6 Å². The van der Waals surface area contributed by atoms with E-state index in [2.05, 4.69) is 47.8 Å². The van der Waals surface area contributed by atoms with Crippen LogP contribution in [0.3, 0.4) is 0 Å². The van der Waals surface area contributed by atoms with Crippen molar-refractivity contribution in [1.82, 2.24) is 5.32 Å². The molecule has 3 aromatic rings. The molecule has 2 saturated heterocycles. The van der Waals surface area contributed by atoms with Gasteiger partial charge in [-0.3, -0.25) is 4.79 Å². The summed E-state index contributed by atoms with van der Waals surface area (Å²) in [5.41, 5.74) is 0.940. The Labute approximate surface area is 141 Å². The second-order valence-electron chi connectivity index (χ2n) is 7.36. The number of ketones is 1. The van der Waals surface area contributed by atoms with Crippen LogP contribution in [0.4, 0.5) is 0 Å². The van der Waals surface area contributed by atoms with Crippen LogP contribution in [0, 0.1) is 5.92 Å². The van der Waals surface area contributed by atoms with E-state index < -0.39 is 0 Å². The Bertz CT molecular complexity index is 879. The molecular weight excluding hydrogens is 294 g/mol. The van der Waals surface area contributed by atoms with Crippen LogP contribution >= 0.6 is 0 Å². The number of carbonyl (C=O) groups is 1. The van der Waals surface area contributed by atoms with Crippen LogP contribution in [-0.2, 0) is 0 Å². The van der Waals surface area contributed by atoms with Crippen molar-refractivity contribution < 1.29 is 4.79 Å². The van der Waals surface area contributed by atoms with E-state index in [0.29, 0.717) is 17.9 Å². The summed E-state index contributed by atoms with van der Waals surface area (Å²) >= 11 is 0. The molecule has 2 heteroatoms. The average Bonchev–Trinajstić information content (AvgIpc) is 2.97. The molecule has 2 fully saturated rings. The number of piperidine rings is 1. The van der Waals surface area contributed by atoms with E-state index in [9.17, 15) is 4.79 Å². The zero-order valence-corrected chi connectivity index (χ0v) is 13.7. The molecule has 2 aliphatic heterocycles. The summed E-state index contributed by atoms with van der Waals surface area (Å²) < 4.78 is 0. The molecular formula is C22H21NO. The highest BCUT2D eigenvalue weighted by Gasteiger charge is 2.37. The Morgan fingerprint density at radius 1 is 0.833 bits per heavy atom. The summed E-state index contributed by atoms with van der Waals surface area (Å²) in [4.78, 5) is 13.5. The van der Waals surface area contributed by atoms with Gasteiger partial charge in [-0.2, -0.15) is 0 Å². The first-order valence-corrected chi connectivity index (χ1v) is 9.00. The van der Waals surface area contributed by atoms with Crippen molar-refractivity contribution in [2.24, 2.45) is 5.92 Å². The molecule has 5 rings (SSSR count). The number of nitrogens with one attached hydrogen (secondary N) is 1. The SMILES string of the molecule is O=C(c1c2ccccc2cc2ccccc12)C1CC2CCC(C1)N2. The smallest absolute Gasteiger partial charge is 0.167 e. The van der Waals surface area contributed by atoms with Gasteiger partial charge in [0.25, 0.3) is 0 Å². The lowest BCUT2D eigenvalue weighted by molar-refractivity contribution is 0.0879. The van der Waals surface area contributed by atoms with Gasteiger partial charge in [-0.1, -0.05) is 48.5 Å². The molecule has 0 saturated carbocycles. The Morgan fingerprint density at radius 2 is 1.38 bits per heavy atom. The minimum Gasteiger partial charge on any atom is -0.311 e. The van der Waals surface area contributed by atoms with E-state index >= 15 is 0 Å². The zero-order valence-electron chi connectivity index (χ0n) is 13.7. The van der Waals surface area contributed by atoms with Gasteiger partial charge >= 0.3 is 0 Å². The van der Waals surface area contributed by atoms with Gasteiger partial charge in [-0.15, -0.1) is 0 Å². The largest absolute Gasteiger partial charge is 0.311 e. The fourth-order valence-corrected chi connectivity index (χ4v) is 4.75. The normalized spacial score (nSPS) is 26.1. The standard InChI is InChI=1S/C22H21NO/c24-22(16-12-17-9-10-18(13-16)23-17)21-19-7-3-1-5-14(19)11-15-6-2-4-8-20(15)21/h1-8,11,16-18,23H,9-10,12-13H2. The number of benzene rings is 3. The molecule has 2 atom stereocenters. The monoisotopic (exact) mass is 315 g/mol. The molecule has 0 aliphatic carbocycles. The molecule has 0 radical (unpaired) electrons. The number of Topliss-reactive ketones (excluding diaryl/α,β-unsaturated/α-hetero) is 1. The predicted octanol–water partition coefficient (Wildman–Crippen LogP) is 4.71. The quantitative estimate of drug-likeness (QED) is 0.548. The average molecular weight is 315 g/mol. The lowest BCUT2D eigenvalue weighted by atomic mass is 9.82. The highest BCUT2D eigenvalue weighted by atomic mass is 16.1. The zero-order chi connectivity index (χ0) is 16.1. The molecule has 0 amide bonds. The minimum absolute atomic E-state index is 0.165. The van der Waals surface area contributed by atoms with E-state index in [1.165, 1.54) is 12.8 Å².